The van der Waals surface area contributed by atoms with E-state index in [1.807, 2.05) is 64.3 Å². The summed E-state index contributed by atoms with van der Waals surface area (Å²) >= 11 is 8.01. The zero-order valence-corrected chi connectivity index (χ0v) is 26.3. The van der Waals surface area contributed by atoms with Crippen molar-refractivity contribution in [3.05, 3.63) is 70.8 Å². The molecule has 0 spiro atoms. The molecule has 0 bridgehead atoms. The van der Waals surface area contributed by atoms with Crippen LogP contribution in [-0.4, -0.2) is 52.0 Å². The summed E-state index contributed by atoms with van der Waals surface area (Å²) in [6.45, 7) is 16.6. The molecular weight excluding hydrogens is 546 g/mol. The first-order chi connectivity index (χ1) is 18.6. The van der Waals surface area contributed by atoms with Crippen LogP contribution in [0.1, 0.15) is 70.7 Å². The molecule has 0 aliphatic carbocycles. The van der Waals surface area contributed by atoms with E-state index in [0.717, 1.165) is 11.1 Å². The second-order valence-electron chi connectivity index (χ2n) is 11.6. The van der Waals surface area contributed by atoms with Gasteiger partial charge in [-0.15, -0.1) is 0 Å². The zero-order chi connectivity index (χ0) is 30.3. The fourth-order valence-electron chi connectivity index (χ4n) is 4.21. The van der Waals surface area contributed by atoms with E-state index in [2.05, 4.69) is 17.2 Å². The fraction of sp³-hybridized carbons (Fsp3) is 0.452. The van der Waals surface area contributed by atoms with Crippen molar-refractivity contribution < 1.29 is 19.1 Å². The van der Waals surface area contributed by atoms with Crippen molar-refractivity contribution in [1.82, 2.24) is 10.2 Å². The molecule has 0 aliphatic rings. The molecule has 0 aliphatic heterocycles. The SMILES string of the molecule is C=Cc1cccc(C(C(=O)Nc2c(C)cccc2Cl)N(C(=O)C(CCSC)NC(=O)OC(C)(C)C)C(C)(C)C)c1. The van der Waals surface area contributed by atoms with Crippen molar-refractivity contribution in [2.75, 3.05) is 17.3 Å². The number of carbonyl (C=O) groups excluding carboxylic acids is 3. The summed E-state index contributed by atoms with van der Waals surface area (Å²) in [5.74, 6) is -0.208. The lowest BCUT2D eigenvalue weighted by molar-refractivity contribution is -0.146. The Bertz CT molecular complexity index is 1200. The largest absolute Gasteiger partial charge is 0.444 e. The number of aryl methyl sites for hydroxylation is 1. The number of rotatable bonds is 10. The number of hydrogen-bond acceptors (Lipinski definition) is 5. The second-order valence-corrected chi connectivity index (χ2v) is 12.9. The first-order valence-electron chi connectivity index (χ1n) is 13.2. The van der Waals surface area contributed by atoms with Gasteiger partial charge in [-0.1, -0.05) is 54.6 Å². The first-order valence-corrected chi connectivity index (χ1v) is 15.0. The third-order valence-electron chi connectivity index (χ3n) is 6.00. The minimum atomic E-state index is -1.04. The summed E-state index contributed by atoms with van der Waals surface area (Å²) in [6, 6.07) is 10.7. The standard InChI is InChI=1S/C31H42ClN3O4S/c1-10-21-14-12-15-22(19-21)26(27(36)34-25-20(2)13-11-16-23(25)32)35(30(3,4)5)28(37)24(17-18-40-9)33-29(38)39-31(6,7)8/h10-16,19,24,26H,1,17-18H2,2-9H3,(H,33,38)(H,34,36). The van der Waals surface area contributed by atoms with E-state index in [-0.39, 0.29) is 0 Å². The van der Waals surface area contributed by atoms with Crippen LogP contribution in [0, 0.1) is 6.92 Å². The van der Waals surface area contributed by atoms with Gasteiger partial charge in [0.15, 0.2) is 0 Å². The molecule has 2 aromatic carbocycles. The Balaban J connectivity index is 2.65. The molecule has 40 heavy (non-hydrogen) atoms. The molecule has 2 N–H and O–H groups in total. The average molecular weight is 588 g/mol. The monoisotopic (exact) mass is 587 g/mol. The van der Waals surface area contributed by atoms with Gasteiger partial charge in [0.1, 0.15) is 17.7 Å². The number of para-hydroxylation sites is 1. The summed E-state index contributed by atoms with van der Waals surface area (Å²) in [4.78, 5) is 42.8. The lowest BCUT2D eigenvalue weighted by Gasteiger charge is -2.43. The Labute approximate surface area is 248 Å². The molecule has 218 valence electrons. The normalized spacial score (nSPS) is 13.1. The van der Waals surface area contributed by atoms with E-state index in [4.69, 9.17) is 16.3 Å². The van der Waals surface area contributed by atoms with Crippen LogP contribution in [0.15, 0.2) is 49.0 Å². The minimum absolute atomic E-state index is 0.358. The maximum Gasteiger partial charge on any atom is 0.408 e. The maximum atomic E-state index is 14.4. The van der Waals surface area contributed by atoms with Crippen LogP contribution >= 0.6 is 23.4 Å². The smallest absolute Gasteiger partial charge is 0.408 e. The van der Waals surface area contributed by atoms with Crippen LogP contribution in [-0.2, 0) is 14.3 Å². The number of carbonyl (C=O) groups is 3. The predicted molar refractivity (Wildman–Crippen MR) is 167 cm³/mol. The number of benzene rings is 2. The van der Waals surface area contributed by atoms with Gasteiger partial charge in [-0.05, 0) is 95.7 Å². The molecule has 0 saturated heterocycles. The number of alkyl carbamates (subject to hydrolysis) is 1. The quantitative estimate of drug-likeness (QED) is 0.306. The molecule has 7 nitrogen and oxygen atoms in total. The van der Waals surface area contributed by atoms with E-state index in [9.17, 15) is 14.4 Å². The van der Waals surface area contributed by atoms with Crippen molar-refractivity contribution in [1.29, 1.82) is 0 Å². The molecule has 9 heteroatoms. The topological polar surface area (TPSA) is 87.7 Å². The predicted octanol–water partition coefficient (Wildman–Crippen LogP) is 7.24. The summed E-state index contributed by atoms with van der Waals surface area (Å²) in [5, 5.41) is 6.12. The lowest BCUT2D eigenvalue weighted by Crippen LogP contribution is -2.58. The Morgan fingerprint density at radius 3 is 2.30 bits per heavy atom. The van der Waals surface area contributed by atoms with E-state index in [1.165, 1.54) is 0 Å². The number of nitrogens with one attached hydrogen (secondary N) is 2. The van der Waals surface area contributed by atoms with Crippen LogP contribution in [0.25, 0.3) is 6.08 Å². The van der Waals surface area contributed by atoms with Gasteiger partial charge in [0, 0.05) is 5.54 Å². The summed E-state index contributed by atoms with van der Waals surface area (Å²) in [7, 11) is 0. The number of thioether (sulfide) groups is 1. The summed E-state index contributed by atoms with van der Waals surface area (Å²) in [5.41, 5.74) is 1.12. The van der Waals surface area contributed by atoms with Crippen LogP contribution in [0.4, 0.5) is 10.5 Å². The Morgan fingerprint density at radius 2 is 1.75 bits per heavy atom. The average Bonchev–Trinajstić information content (AvgIpc) is 2.85. The number of halogens is 1. The third-order valence-corrected chi connectivity index (χ3v) is 6.96. The first kappa shape index (κ1) is 33.2. The minimum Gasteiger partial charge on any atom is -0.444 e. The van der Waals surface area contributed by atoms with Crippen LogP contribution < -0.4 is 10.6 Å². The van der Waals surface area contributed by atoms with Gasteiger partial charge >= 0.3 is 6.09 Å². The number of anilines is 1. The number of amides is 3. The van der Waals surface area contributed by atoms with Gasteiger partial charge in [-0.2, -0.15) is 11.8 Å². The molecule has 2 unspecified atom stereocenters. The highest BCUT2D eigenvalue weighted by molar-refractivity contribution is 7.98. The number of nitrogens with zero attached hydrogens (tertiary/aromatic N) is 1. The third kappa shape index (κ3) is 9.30. The highest BCUT2D eigenvalue weighted by atomic mass is 35.5. The van der Waals surface area contributed by atoms with E-state index < -0.39 is 41.1 Å². The number of hydrogen-bond donors (Lipinski definition) is 2. The van der Waals surface area contributed by atoms with Crippen molar-refractivity contribution in [2.45, 2.75) is 78.1 Å². The molecule has 2 atom stereocenters. The molecule has 2 rings (SSSR count). The van der Waals surface area contributed by atoms with Crippen molar-refractivity contribution in [3.63, 3.8) is 0 Å². The molecule has 0 aromatic heterocycles. The van der Waals surface area contributed by atoms with Gasteiger partial charge < -0.3 is 20.3 Å². The molecule has 2 aromatic rings. The molecule has 0 radical (unpaired) electrons. The highest BCUT2D eigenvalue weighted by Crippen LogP contribution is 2.34. The second kappa shape index (κ2) is 14.1. The molecule has 0 heterocycles. The molecule has 0 saturated carbocycles. The van der Waals surface area contributed by atoms with Crippen LogP contribution in [0.2, 0.25) is 5.02 Å². The van der Waals surface area contributed by atoms with Gasteiger partial charge in [0.05, 0.1) is 10.7 Å². The van der Waals surface area contributed by atoms with E-state index >= 15 is 0 Å². The molecule has 0 fully saturated rings. The highest BCUT2D eigenvalue weighted by Gasteiger charge is 2.42. The van der Waals surface area contributed by atoms with Crippen molar-refractivity contribution >= 4 is 53.0 Å². The molecule has 3 amide bonds. The van der Waals surface area contributed by atoms with Gasteiger partial charge in [0.2, 0.25) is 5.91 Å². The van der Waals surface area contributed by atoms with Gasteiger partial charge in [0.25, 0.3) is 5.91 Å². The Morgan fingerprint density at radius 1 is 1.10 bits per heavy atom. The van der Waals surface area contributed by atoms with Gasteiger partial charge in [-0.25, -0.2) is 4.79 Å². The van der Waals surface area contributed by atoms with Crippen LogP contribution in [0.5, 0.6) is 0 Å². The van der Waals surface area contributed by atoms with Gasteiger partial charge in [-0.3, -0.25) is 9.59 Å². The Hall–Kier alpha value is -2.97. The molecular formula is C31H42ClN3O4S. The van der Waals surface area contributed by atoms with E-state index in [1.54, 1.807) is 55.6 Å². The summed E-state index contributed by atoms with van der Waals surface area (Å²) in [6.07, 6.45) is 3.28. The van der Waals surface area contributed by atoms with Crippen LogP contribution in [0.3, 0.4) is 0 Å². The Kier molecular flexibility index (Phi) is 11.7. The van der Waals surface area contributed by atoms with E-state index in [0.29, 0.717) is 28.4 Å². The van der Waals surface area contributed by atoms with Crippen molar-refractivity contribution in [3.8, 4) is 0 Å². The van der Waals surface area contributed by atoms with Crippen molar-refractivity contribution in [2.24, 2.45) is 0 Å². The number of ether oxygens (including phenoxy) is 1. The summed E-state index contributed by atoms with van der Waals surface area (Å²) < 4.78 is 5.46. The lowest BCUT2D eigenvalue weighted by atomic mass is 9.94. The fourth-order valence-corrected chi connectivity index (χ4v) is 4.95. The zero-order valence-electron chi connectivity index (χ0n) is 24.8. The maximum absolute atomic E-state index is 14.4.